The fraction of sp³-hybridized carbons (Fsp3) is 0.545. The van der Waals surface area contributed by atoms with Gasteiger partial charge in [-0.05, 0) is 13.0 Å². The van der Waals surface area contributed by atoms with Gasteiger partial charge in [-0.3, -0.25) is 4.79 Å². The molecule has 9 heteroatoms. The van der Waals surface area contributed by atoms with Crippen LogP contribution in [0.25, 0.3) is 0 Å². The molecule has 1 aliphatic heterocycles. The molecule has 0 unspecified atom stereocenters. The lowest BCUT2D eigenvalue weighted by atomic mass is 10.2. The molecule has 0 bridgehead atoms. The van der Waals surface area contributed by atoms with Crippen LogP contribution in [0.15, 0.2) is 6.07 Å². The van der Waals surface area contributed by atoms with Gasteiger partial charge in [0.2, 0.25) is 10.0 Å². The Hall–Kier alpha value is -0.340. The van der Waals surface area contributed by atoms with E-state index < -0.39 is 10.0 Å². The van der Waals surface area contributed by atoms with Gasteiger partial charge < -0.3 is 4.90 Å². The maximum atomic E-state index is 12.3. The van der Waals surface area contributed by atoms with Crippen molar-refractivity contribution in [3.05, 3.63) is 20.3 Å². The van der Waals surface area contributed by atoms with E-state index in [1.807, 2.05) is 0 Å². The van der Waals surface area contributed by atoms with E-state index in [1.165, 1.54) is 4.31 Å². The van der Waals surface area contributed by atoms with Crippen molar-refractivity contribution in [3.63, 3.8) is 0 Å². The number of thiophene rings is 1. The summed E-state index contributed by atoms with van der Waals surface area (Å²) in [7, 11) is -3.19. The third kappa shape index (κ3) is 3.28. The third-order valence-electron chi connectivity index (χ3n) is 3.17. The summed E-state index contributed by atoms with van der Waals surface area (Å²) in [5.74, 6) is -0.126. The monoisotopic (exact) mass is 356 g/mol. The van der Waals surface area contributed by atoms with Crippen LogP contribution in [0.3, 0.4) is 0 Å². The molecule has 5 nitrogen and oxygen atoms in total. The molecule has 1 aliphatic rings. The average Bonchev–Trinajstić information content (AvgIpc) is 2.77. The number of hydrogen-bond donors (Lipinski definition) is 0. The first-order valence-corrected chi connectivity index (χ1v) is 9.25. The molecule has 1 aromatic rings. The van der Waals surface area contributed by atoms with E-state index in [1.54, 1.807) is 17.9 Å². The van der Waals surface area contributed by atoms with E-state index in [0.29, 0.717) is 40.4 Å². The smallest absolute Gasteiger partial charge is 0.256 e. The second-order valence-electron chi connectivity index (χ2n) is 4.33. The number of hydrogen-bond acceptors (Lipinski definition) is 4. The molecule has 0 spiro atoms. The lowest BCUT2D eigenvalue weighted by molar-refractivity contribution is 0.0698. The molecule has 1 amide bonds. The van der Waals surface area contributed by atoms with Gasteiger partial charge in [0.05, 0.1) is 15.7 Å². The summed E-state index contributed by atoms with van der Waals surface area (Å²) in [6.07, 6.45) is 0. The van der Waals surface area contributed by atoms with Crippen molar-refractivity contribution < 1.29 is 13.2 Å². The molecule has 0 saturated carbocycles. The standard InChI is InChI=1S/C11H14Cl2N2O3S2/c1-2-20(17,18)15-5-3-14(4-6-15)11(16)8-7-9(12)19-10(8)13/h7H,2-6H2,1H3. The average molecular weight is 357 g/mol. The van der Waals surface area contributed by atoms with Gasteiger partial charge in [0.1, 0.15) is 4.34 Å². The number of sulfonamides is 1. The minimum atomic E-state index is -3.19. The number of halogens is 2. The Bertz CT molecular complexity index is 607. The first kappa shape index (κ1) is 16.0. The van der Waals surface area contributed by atoms with E-state index in [2.05, 4.69) is 0 Å². The number of amides is 1. The Balaban J connectivity index is 2.04. The molecule has 1 saturated heterocycles. The van der Waals surface area contributed by atoms with Gasteiger partial charge in [0.15, 0.2) is 0 Å². The van der Waals surface area contributed by atoms with Crippen LogP contribution in [0, 0.1) is 0 Å². The molecule has 0 atom stereocenters. The van der Waals surface area contributed by atoms with E-state index in [4.69, 9.17) is 23.2 Å². The lowest BCUT2D eigenvalue weighted by Gasteiger charge is -2.33. The van der Waals surface area contributed by atoms with Gasteiger partial charge in [-0.15, -0.1) is 11.3 Å². The first-order valence-electron chi connectivity index (χ1n) is 6.07. The third-order valence-corrected chi connectivity index (χ3v) is 6.54. The molecule has 20 heavy (non-hydrogen) atoms. The minimum absolute atomic E-state index is 0.0763. The number of carbonyl (C=O) groups excluding carboxylic acids is 1. The second kappa shape index (κ2) is 6.19. The fourth-order valence-electron chi connectivity index (χ4n) is 2.01. The summed E-state index contributed by atoms with van der Waals surface area (Å²) in [6, 6.07) is 1.55. The summed E-state index contributed by atoms with van der Waals surface area (Å²) in [6.45, 7) is 2.97. The van der Waals surface area contributed by atoms with Crippen LogP contribution in [-0.2, 0) is 10.0 Å². The minimum Gasteiger partial charge on any atom is -0.336 e. The molecular formula is C11H14Cl2N2O3S2. The Morgan fingerprint density at radius 2 is 1.90 bits per heavy atom. The number of nitrogens with zero attached hydrogens (tertiary/aromatic N) is 2. The summed E-state index contributed by atoms with van der Waals surface area (Å²) < 4.78 is 25.7. The predicted octanol–water partition coefficient (Wildman–Crippen LogP) is 2.16. The van der Waals surface area contributed by atoms with Crippen LogP contribution < -0.4 is 0 Å². The normalized spacial score (nSPS) is 17.4. The molecule has 0 aromatic carbocycles. The van der Waals surface area contributed by atoms with Crippen molar-refractivity contribution >= 4 is 50.5 Å². The molecule has 2 rings (SSSR count). The maximum absolute atomic E-state index is 12.3. The van der Waals surface area contributed by atoms with Crippen molar-refractivity contribution in [2.75, 3.05) is 31.9 Å². The second-order valence-corrected chi connectivity index (χ2v) is 8.87. The molecule has 0 N–H and O–H groups in total. The number of carbonyl (C=O) groups is 1. The van der Waals surface area contributed by atoms with Crippen LogP contribution in [-0.4, -0.2) is 55.5 Å². The highest BCUT2D eigenvalue weighted by atomic mass is 35.5. The van der Waals surface area contributed by atoms with E-state index in [-0.39, 0.29) is 11.7 Å². The van der Waals surface area contributed by atoms with Gasteiger partial charge in [-0.1, -0.05) is 23.2 Å². The zero-order valence-electron chi connectivity index (χ0n) is 10.8. The van der Waals surface area contributed by atoms with Crippen molar-refractivity contribution in [3.8, 4) is 0 Å². The molecule has 0 aliphatic carbocycles. The Labute approximate surface area is 132 Å². The number of piperazine rings is 1. The molecular weight excluding hydrogens is 343 g/mol. The highest BCUT2D eigenvalue weighted by Crippen LogP contribution is 2.32. The molecule has 1 fully saturated rings. The highest BCUT2D eigenvalue weighted by Gasteiger charge is 2.29. The predicted molar refractivity (Wildman–Crippen MR) is 81.3 cm³/mol. The molecule has 0 radical (unpaired) electrons. The molecule has 1 aromatic heterocycles. The highest BCUT2D eigenvalue weighted by molar-refractivity contribution is 7.89. The number of rotatable bonds is 3. The zero-order chi connectivity index (χ0) is 14.9. The van der Waals surface area contributed by atoms with Crippen molar-refractivity contribution in [2.24, 2.45) is 0 Å². The van der Waals surface area contributed by atoms with Crippen molar-refractivity contribution in [1.82, 2.24) is 9.21 Å². The van der Waals surface area contributed by atoms with Crippen LogP contribution in [0.1, 0.15) is 17.3 Å². The van der Waals surface area contributed by atoms with Gasteiger partial charge in [-0.2, -0.15) is 4.31 Å². The topological polar surface area (TPSA) is 57.7 Å². The Morgan fingerprint density at radius 1 is 1.30 bits per heavy atom. The van der Waals surface area contributed by atoms with Crippen molar-refractivity contribution in [2.45, 2.75) is 6.92 Å². The van der Waals surface area contributed by atoms with E-state index in [9.17, 15) is 13.2 Å². The maximum Gasteiger partial charge on any atom is 0.256 e. The van der Waals surface area contributed by atoms with Gasteiger partial charge in [0, 0.05) is 26.2 Å². The lowest BCUT2D eigenvalue weighted by Crippen LogP contribution is -2.50. The van der Waals surface area contributed by atoms with Gasteiger partial charge in [0.25, 0.3) is 5.91 Å². The van der Waals surface area contributed by atoms with Crippen LogP contribution >= 0.6 is 34.5 Å². The summed E-state index contributed by atoms with van der Waals surface area (Å²) in [5.41, 5.74) is 0.383. The molecule has 2 heterocycles. The van der Waals surface area contributed by atoms with Crippen LogP contribution in [0.2, 0.25) is 8.67 Å². The van der Waals surface area contributed by atoms with Crippen LogP contribution in [0.5, 0.6) is 0 Å². The van der Waals surface area contributed by atoms with Crippen molar-refractivity contribution in [1.29, 1.82) is 0 Å². The summed E-state index contributed by atoms with van der Waals surface area (Å²) in [5, 5.41) is 0. The summed E-state index contributed by atoms with van der Waals surface area (Å²) in [4.78, 5) is 13.9. The molecule has 112 valence electrons. The van der Waals surface area contributed by atoms with E-state index in [0.717, 1.165) is 11.3 Å². The fourth-order valence-corrected chi connectivity index (χ4v) is 4.54. The van der Waals surface area contributed by atoms with Crippen LogP contribution in [0.4, 0.5) is 0 Å². The quantitative estimate of drug-likeness (QED) is 0.833. The Morgan fingerprint density at radius 3 is 2.35 bits per heavy atom. The Kier molecular flexibility index (Phi) is 4.96. The van der Waals surface area contributed by atoms with Gasteiger partial charge >= 0.3 is 0 Å². The van der Waals surface area contributed by atoms with Gasteiger partial charge in [-0.25, -0.2) is 8.42 Å². The first-order chi connectivity index (χ1) is 9.35. The largest absolute Gasteiger partial charge is 0.336 e. The SMILES string of the molecule is CCS(=O)(=O)N1CCN(C(=O)c2cc(Cl)sc2Cl)CC1. The summed E-state index contributed by atoms with van der Waals surface area (Å²) >= 11 is 12.9. The zero-order valence-corrected chi connectivity index (χ0v) is 13.9. The van der Waals surface area contributed by atoms with E-state index >= 15 is 0 Å².